The molecular weight excluding hydrogens is 432 g/mol. The average Bonchev–Trinajstić information content (AvgIpc) is 2.71. The molecule has 2 aromatic carbocycles. The second kappa shape index (κ2) is 7.52. The first-order valence-corrected chi connectivity index (χ1v) is 10.9. The highest BCUT2D eigenvalue weighted by Crippen LogP contribution is 2.69. The first kappa shape index (κ1) is 20.8. The van der Waals surface area contributed by atoms with Crippen LogP contribution in [0.15, 0.2) is 36.4 Å². The first-order chi connectivity index (χ1) is 15.2. The van der Waals surface area contributed by atoms with Gasteiger partial charge in [0, 0.05) is 22.5 Å². The molecule has 4 aliphatic rings. The summed E-state index contributed by atoms with van der Waals surface area (Å²) < 4.78 is 11.0. The van der Waals surface area contributed by atoms with Crippen molar-refractivity contribution in [3.63, 3.8) is 0 Å². The maximum absolute atomic E-state index is 12.7. The lowest BCUT2D eigenvalue weighted by Crippen LogP contribution is -2.75. The van der Waals surface area contributed by atoms with Crippen LogP contribution in [-0.4, -0.2) is 36.4 Å². The van der Waals surface area contributed by atoms with Gasteiger partial charge in [-0.3, -0.25) is 14.4 Å². The number of fused-ring (bicyclic) bond motifs is 1. The number of carbonyl (C=O) groups is 3. The molecule has 7 nitrogen and oxygen atoms in total. The van der Waals surface area contributed by atoms with Crippen LogP contribution in [0.25, 0.3) is 0 Å². The van der Waals surface area contributed by atoms with Crippen LogP contribution < -0.4 is 20.1 Å². The van der Waals surface area contributed by atoms with Crippen molar-refractivity contribution in [3.8, 4) is 11.5 Å². The number of amides is 2. The Morgan fingerprint density at radius 3 is 2.72 bits per heavy atom. The van der Waals surface area contributed by atoms with Crippen LogP contribution in [0, 0.1) is 12.3 Å². The lowest BCUT2D eigenvalue weighted by molar-refractivity contribution is -0.162. The molecule has 3 saturated carbocycles. The van der Waals surface area contributed by atoms with Gasteiger partial charge in [-0.05, 0) is 73.6 Å². The number of Topliss-reactive ketones (excluding diaryl/α,β-unsaturated/α-hetero) is 1. The Labute approximate surface area is 190 Å². The predicted octanol–water partition coefficient (Wildman–Crippen LogP) is 3.67. The van der Waals surface area contributed by atoms with Gasteiger partial charge in [-0.1, -0.05) is 11.6 Å². The van der Waals surface area contributed by atoms with Gasteiger partial charge in [0.25, 0.3) is 11.8 Å². The predicted molar refractivity (Wildman–Crippen MR) is 118 cm³/mol. The Hall–Kier alpha value is -3.06. The van der Waals surface area contributed by atoms with Crippen LogP contribution in [0.3, 0.4) is 0 Å². The fourth-order valence-electron chi connectivity index (χ4n) is 5.19. The third kappa shape index (κ3) is 3.81. The van der Waals surface area contributed by atoms with Gasteiger partial charge in [0.2, 0.25) is 0 Å². The summed E-state index contributed by atoms with van der Waals surface area (Å²) in [5.74, 6) is 0.806. The van der Waals surface area contributed by atoms with E-state index >= 15 is 0 Å². The zero-order valence-electron chi connectivity index (χ0n) is 17.6. The molecule has 6 rings (SSSR count). The molecule has 3 aliphatic carbocycles. The summed E-state index contributed by atoms with van der Waals surface area (Å²) >= 11 is 6.01. The van der Waals surface area contributed by atoms with Gasteiger partial charge in [-0.25, -0.2) is 0 Å². The number of ether oxygens (including phenoxy) is 2. The van der Waals surface area contributed by atoms with E-state index in [4.69, 9.17) is 21.1 Å². The van der Waals surface area contributed by atoms with E-state index in [-0.39, 0.29) is 41.8 Å². The van der Waals surface area contributed by atoms with E-state index in [1.54, 1.807) is 30.3 Å². The smallest absolute Gasteiger partial charge is 0.262 e. The van der Waals surface area contributed by atoms with Gasteiger partial charge >= 0.3 is 0 Å². The van der Waals surface area contributed by atoms with Crippen molar-refractivity contribution in [2.75, 3.05) is 18.5 Å². The van der Waals surface area contributed by atoms with Crippen molar-refractivity contribution in [1.29, 1.82) is 0 Å². The molecule has 8 heteroatoms. The topological polar surface area (TPSA) is 93.7 Å². The minimum absolute atomic E-state index is 0.0210. The van der Waals surface area contributed by atoms with Crippen LogP contribution in [0.5, 0.6) is 11.5 Å². The number of rotatable bonds is 7. The maximum Gasteiger partial charge on any atom is 0.262 e. The van der Waals surface area contributed by atoms with E-state index in [1.165, 1.54) is 0 Å². The van der Waals surface area contributed by atoms with Crippen LogP contribution in [0.2, 0.25) is 5.02 Å². The van der Waals surface area contributed by atoms with Gasteiger partial charge in [0.15, 0.2) is 12.4 Å². The normalized spacial score (nSPS) is 24.8. The summed E-state index contributed by atoms with van der Waals surface area (Å²) in [6, 6.07) is 10.3. The van der Waals surface area contributed by atoms with Crippen molar-refractivity contribution in [1.82, 2.24) is 5.32 Å². The summed E-state index contributed by atoms with van der Waals surface area (Å²) in [6.07, 6.45) is 2.86. The summed E-state index contributed by atoms with van der Waals surface area (Å²) in [6.45, 7) is 1.87. The van der Waals surface area contributed by atoms with Crippen molar-refractivity contribution in [3.05, 3.63) is 52.5 Å². The average molecular weight is 455 g/mol. The molecule has 1 heterocycles. The Balaban J connectivity index is 1.11. The van der Waals surface area contributed by atoms with E-state index in [2.05, 4.69) is 10.6 Å². The third-order valence-corrected chi connectivity index (χ3v) is 6.92. The van der Waals surface area contributed by atoms with Crippen molar-refractivity contribution >= 4 is 34.9 Å². The summed E-state index contributed by atoms with van der Waals surface area (Å²) in [4.78, 5) is 36.5. The van der Waals surface area contributed by atoms with Gasteiger partial charge in [-0.15, -0.1) is 0 Å². The number of nitrogens with one attached hydrogen (secondary N) is 2. The third-order valence-electron chi connectivity index (χ3n) is 6.50. The zero-order valence-corrected chi connectivity index (χ0v) is 18.4. The molecule has 2 bridgehead atoms. The highest BCUT2D eigenvalue weighted by Gasteiger charge is 2.68. The number of halogens is 1. The Morgan fingerprint density at radius 2 is 1.97 bits per heavy atom. The van der Waals surface area contributed by atoms with Gasteiger partial charge < -0.3 is 20.1 Å². The van der Waals surface area contributed by atoms with Crippen LogP contribution in [0.4, 0.5) is 5.69 Å². The van der Waals surface area contributed by atoms with E-state index < -0.39 is 0 Å². The zero-order chi connectivity index (χ0) is 22.5. The van der Waals surface area contributed by atoms with Crippen molar-refractivity contribution < 1.29 is 23.9 Å². The van der Waals surface area contributed by atoms with Crippen molar-refractivity contribution in [2.24, 2.45) is 5.41 Å². The molecule has 166 valence electrons. The Bertz CT molecular complexity index is 1130. The molecule has 0 aromatic heterocycles. The molecule has 0 spiro atoms. The second-order valence-corrected chi connectivity index (χ2v) is 9.63. The molecule has 2 aromatic rings. The van der Waals surface area contributed by atoms with Crippen LogP contribution in [0.1, 0.15) is 41.6 Å². The number of benzene rings is 2. The number of hydrogen-bond donors (Lipinski definition) is 2. The molecule has 1 aliphatic heterocycles. The van der Waals surface area contributed by atoms with E-state index in [9.17, 15) is 14.4 Å². The van der Waals surface area contributed by atoms with Crippen LogP contribution >= 0.6 is 11.6 Å². The van der Waals surface area contributed by atoms with Gasteiger partial charge in [0.05, 0.1) is 5.69 Å². The number of aryl methyl sites for hydroxylation is 1. The lowest BCUT2D eigenvalue weighted by Gasteiger charge is -2.70. The van der Waals surface area contributed by atoms with E-state index in [0.29, 0.717) is 34.2 Å². The minimum Gasteiger partial charge on any atom is -0.486 e. The van der Waals surface area contributed by atoms with E-state index in [0.717, 1.165) is 24.8 Å². The van der Waals surface area contributed by atoms with Crippen molar-refractivity contribution in [2.45, 2.75) is 38.1 Å². The highest BCUT2D eigenvalue weighted by atomic mass is 35.5. The lowest BCUT2D eigenvalue weighted by atomic mass is 9.38. The molecule has 0 atom stereocenters. The fourth-order valence-corrected chi connectivity index (χ4v) is 5.30. The van der Waals surface area contributed by atoms with E-state index in [1.807, 2.05) is 13.0 Å². The number of hydrogen-bond acceptors (Lipinski definition) is 5. The number of anilines is 1. The van der Waals surface area contributed by atoms with Gasteiger partial charge in [0.1, 0.15) is 18.1 Å². The van der Waals surface area contributed by atoms with Gasteiger partial charge in [-0.2, -0.15) is 0 Å². The SMILES string of the molecule is Cc1cc(OCC(=O)CC23CC(NC(=O)c4ccc5c(c4)OCC(=O)N5)(C2)C3)ccc1Cl. The highest BCUT2D eigenvalue weighted by molar-refractivity contribution is 6.31. The molecule has 3 fully saturated rings. The first-order valence-electron chi connectivity index (χ1n) is 10.5. The number of carbonyl (C=O) groups excluding carboxylic acids is 3. The molecule has 2 amide bonds. The summed E-state index contributed by atoms with van der Waals surface area (Å²) in [5, 5.41) is 6.50. The minimum atomic E-state index is -0.226. The molecule has 32 heavy (non-hydrogen) atoms. The van der Waals surface area contributed by atoms with Crippen LogP contribution in [-0.2, 0) is 9.59 Å². The standard InChI is InChI=1S/C24H23ClN2O5/c1-14-6-17(3-4-18(14)25)31-9-16(28)8-23-11-24(12-23,13-23)27-22(30)15-2-5-19-20(7-15)32-10-21(29)26-19/h2-7H,8-13H2,1H3,(H,26,29)(H,27,30). The molecular formula is C24H23ClN2O5. The monoisotopic (exact) mass is 454 g/mol. The largest absolute Gasteiger partial charge is 0.486 e. The fraction of sp³-hybridized carbons (Fsp3) is 0.375. The molecule has 0 unspecified atom stereocenters. The summed E-state index contributed by atoms with van der Waals surface area (Å²) in [5.41, 5.74) is 1.71. The second-order valence-electron chi connectivity index (χ2n) is 9.23. The molecule has 0 saturated heterocycles. The summed E-state index contributed by atoms with van der Waals surface area (Å²) in [7, 11) is 0. The number of ketones is 1. The molecule has 0 radical (unpaired) electrons. The quantitative estimate of drug-likeness (QED) is 0.665. The maximum atomic E-state index is 12.7. The Kier molecular flexibility index (Phi) is 4.89. The Morgan fingerprint density at radius 1 is 1.19 bits per heavy atom. The molecule has 2 N–H and O–H groups in total.